The molecular formula is C13H20N4O3. The average Bonchev–Trinajstić information content (AvgIpc) is 2.98. The summed E-state index contributed by atoms with van der Waals surface area (Å²) in [5.41, 5.74) is 0.0550. The summed E-state index contributed by atoms with van der Waals surface area (Å²) in [6, 6.07) is 3.21. The van der Waals surface area contributed by atoms with E-state index in [1.807, 2.05) is 18.9 Å². The third kappa shape index (κ3) is 3.36. The van der Waals surface area contributed by atoms with Crippen LogP contribution in [0.25, 0.3) is 0 Å². The second kappa shape index (κ2) is 6.51. The van der Waals surface area contributed by atoms with Crippen molar-refractivity contribution < 1.29 is 9.66 Å². The van der Waals surface area contributed by atoms with Gasteiger partial charge in [0.2, 0.25) is 0 Å². The molecule has 0 aromatic carbocycles. The van der Waals surface area contributed by atoms with Crippen LogP contribution < -0.4 is 10.2 Å². The monoisotopic (exact) mass is 280 g/mol. The zero-order valence-corrected chi connectivity index (χ0v) is 11.8. The molecule has 1 saturated heterocycles. The van der Waals surface area contributed by atoms with Crippen molar-refractivity contribution >= 4 is 17.3 Å². The van der Waals surface area contributed by atoms with Gasteiger partial charge in [-0.15, -0.1) is 0 Å². The summed E-state index contributed by atoms with van der Waals surface area (Å²) in [4.78, 5) is 17.1. The van der Waals surface area contributed by atoms with E-state index in [0.29, 0.717) is 18.2 Å². The summed E-state index contributed by atoms with van der Waals surface area (Å²) in [5, 5.41) is 14.1. The lowest BCUT2D eigenvalue weighted by atomic mass is 10.2. The average molecular weight is 280 g/mol. The topological polar surface area (TPSA) is 80.5 Å². The predicted molar refractivity (Wildman–Crippen MR) is 77.3 cm³/mol. The number of hydrogen-bond acceptors (Lipinski definition) is 6. The van der Waals surface area contributed by atoms with Crippen molar-refractivity contribution in [2.75, 3.05) is 37.0 Å². The number of nitro groups is 1. The molecule has 0 radical (unpaired) electrons. The van der Waals surface area contributed by atoms with Crippen molar-refractivity contribution in [2.24, 2.45) is 0 Å². The maximum atomic E-state index is 11.0. The first-order valence-corrected chi connectivity index (χ1v) is 6.82. The van der Waals surface area contributed by atoms with Crippen LogP contribution in [0.4, 0.5) is 17.3 Å². The van der Waals surface area contributed by atoms with Crippen molar-refractivity contribution in [3.8, 4) is 0 Å². The molecule has 0 amide bonds. The third-order valence-electron chi connectivity index (χ3n) is 3.38. The molecule has 1 atom stereocenters. The number of hydrogen-bond donors (Lipinski definition) is 1. The first-order valence-electron chi connectivity index (χ1n) is 6.82. The summed E-state index contributed by atoms with van der Waals surface area (Å²) < 4.78 is 5.35. The Kier molecular flexibility index (Phi) is 4.73. The van der Waals surface area contributed by atoms with E-state index in [-0.39, 0.29) is 16.7 Å². The van der Waals surface area contributed by atoms with Crippen molar-refractivity contribution in [1.29, 1.82) is 0 Å². The summed E-state index contributed by atoms with van der Waals surface area (Å²) in [6.45, 7) is 4.14. The van der Waals surface area contributed by atoms with Crippen LogP contribution in [0.5, 0.6) is 0 Å². The molecular weight excluding hydrogens is 260 g/mol. The first-order chi connectivity index (χ1) is 9.61. The number of ether oxygens (including phenoxy) is 1. The second-order valence-corrected chi connectivity index (χ2v) is 4.88. The Morgan fingerprint density at radius 3 is 3.00 bits per heavy atom. The maximum absolute atomic E-state index is 11.0. The maximum Gasteiger partial charge on any atom is 0.276 e. The number of anilines is 2. The largest absolute Gasteiger partial charge is 0.379 e. The SMILES string of the molecule is CCCNc1cc([N+](=O)[O-])cc(N(C)C2CCOC2)n1. The van der Waals surface area contributed by atoms with E-state index < -0.39 is 0 Å². The molecule has 1 N–H and O–H groups in total. The highest BCUT2D eigenvalue weighted by molar-refractivity contribution is 5.56. The molecule has 2 rings (SSSR count). The van der Waals surface area contributed by atoms with Crippen molar-refractivity contribution in [1.82, 2.24) is 4.98 Å². The Balaban J connectivity index is 2.25. The van der Waals surface area contributed by atoms with Gasteiger partial charge in [-0.3, -0.25) is 10.1 Å². The molecule has 20 heavy (non-hydrogen) atoms. The third-order valence-corrected chi connectivity index (χ3v) is 3.38. The molecule has 1 aliphatic rings. The van der Waals surface area contributed by atoms with Gasteiger partial charge in [-0.2, -0.15) is 0 Å². The molecule has 7 nitrogen and oxygen atoms in total. The Labute approximate surface area is 118 Å². The highest BCUT2D eigenvalue weighted by atomic mass is 16.6. The molecule has 1 aliphatic heterocycles. The second-order valence-electron chi connectivity index (χ2n) is 4.88. The van der Waals surface area contributed by atoms with Gasteiger partial charge in [-0.05, 0) is 12.8 Å². The number of nitrogens with zero attached hydrogens (tertiary/aromatic N) is 3. The van der Waals surface area contributed by atoms with Gasteiger partial charge in [0.15, 0.2) is 0 Å². The highest BCUT2D eigenvalue weighted by Crippen LogP contribution is 2.25. The van der Waals surface area contributed by atoms with E-state index in [0.717, 1.165) is 26.0 Å². The zero-order chi connectivity index (χ0) is 14.5. The summed E-state index contributed by atoms with van der Waals surface area (Å²) in [5.74, 6) is 1.15. The van der Waals surface area contributed by atoms with E-state index in [9.17, 15) is 10.1 Å². The van der Waals surface area contributed by atoms with Crippen LogP contribution in [0.1, 0.15) is 19.8 Å². The summed E-state index contributed by atoms with van der Waals surface area (Å²) in [7, 11) is 1.90. The van der Waals surface area contributed by atoms with E-state index in [1.165, 1.54) is 12.1 Å². The number of rotatable bonds is 6. The lowest BCUT2D eigenvalue weighted by Crippen LogP contribution is -2.32. The fourth-order valence-corrected chi connectivity index (χ4v) is 2.15. The molecule has 1 fully saturated rings. The first kappa shape index (κ1) is 14.5. The summed E-state index contributed by atoms with van der Waals surface area (Å²) >= 11 is 0. The molecule has 1 aromatic rings. The van der Waals surface area contributed by atoms with Crippen LogP contribution in [0, 0.1) is 10.1 Å². The minimum atomic E-state index is -0.388. The van der Waals surface area contributed by atoms with Crippen LogP contribution >= 0.6 is 0 Å². The van der Waals surface area contributed by atoms with Gasteiger partial charge in [0.25, 0.3) is 5.69 Å². The number of aromatic nitrogens is 1. The number of pyridine rings is 1. The molecule has 110 valence electrons. The van der Waals surface area contributed by atoms with Gasteiger partial charge in [0.1, 0.15) is 11.6 Å². The van der Waals surface area contributed by atoms with Crippen molar-refractivity contribution in [2.45, 2.75) is 25.8 Å². The van der Waals surface area contributed by atoms with Gasteiger partial charge < -0.3 is 15.0 Å². The minimum Gasteiger partial charge on any atom is -0.379 e. The lowest BCUT2D eigenvalue weighted by Gasteiger charge is -2.24. The van der Waals surface area contributed by atoms with Gasteiger partial charge in [0, 0.05) is 20.2 Å². The molecule has 1 unspecified atom stereocenters. The normalized spacial score (nSPS) is 18.0. The van der Waals surface area contributed by atoms with E-state index in [2.05, 4.69) is 10.3 Å². The molecule has 0 bridgehead atoms. The van der Waals surface area contributed by atoms with Gasteiger partial charge in [-0.1, -0.05) is 6.92 Å². The number of nitrogens with one attached hydrogen (secondary N) is 1. The van der Waals surface area contributed by atoms with Gasteiger partial charge in [-0.25, -0.2) is 4.98 Å². The number of likely N-dealkylation sites (N-methyl/N-ethyl adjacent to an activating group) is 1. The Morgan fingerprint density at radius 2 is 2.40 bits per heavy atom. The van der Waals surface area contributed by atoms with Gasteiger partial charge in [0.05, 0.1) is 29.7 Å². The molecule has 2 heterocycles. The Bertz CT molecular complexity index is 475. The molecule has 0 spiro atoms. The van der Waals surface area contributed by atoms with Crippen molar-refractivity contribution in [3.05, 3.63) is 22.2 Å². The highest BCUT2D eigenvalue weighted by Gasteiger charge is 2.23. The van der Waals surface area contributed by atoms with E-state index in [1.54, 1.807) is 0 Å². The molecule has 1 aromatic heterocycles. The molecule has 0 aliphatic carbocycles. The Hall–Kier alpha value is -1.89. The van der Waals surface area contributed by atoms with Crippen LogP contribution in [0.3, 0.4) is 0 Å². The van der Waals surface area contributed by atoms with Crippen molar-refractivity contribution in [3.63, 3.8) is 0 Å². The van der Waals surface area contributed by atoms with Crippen LogP contribution in [0.15, 0.2) is 12.1 Å². The standard InChI is InChI=1S/C13H20N4O3/c1-3-5-14-12-7-11(17(18)19)8-13(15-12)16(2)10-4-6-20-9-10/h7-8,10H,3-6,9H2,1-2H3,(H,14,15). The zero-order valence-electron chi connectivity index (χ0n) is 11.8. The fourth-order valence-electron chi connectivity index (χ4n) is 2.15. The van der Waals surface area contributed by atoms with E-state index in [4.69, 9.17) is 4.74 Å². The predicted octanol–water partition coefficient (Wildman–Crippen LogP) is 2.04. The van der Waals surface area contributed by atoms with Gasteiger partial charge >= 0.3 is 0 Å². The summed E-state index contributed by atoms with van der Waals surface area (Å²) in [6.07, 6.45) is 1.85. The Morgan fingerprint density at radius 1 is 1.60 bits per heavy atom. The smallest absolute Gasteiger partial charge is 0.276 e. The molecule has 0 saturated carbocycles. The minimum absolute atomic E-state index is 0.0550. The molecule has 7 heteroatoms. The van der Waals surface area contributed by atoms with Crippen LogP contribution in [-0.2, 0) is 4.74 Å². The van der Waals surface area contributed by atoms with E-state index >= 15 is 0 Å². The lowest BCUT2D eigenvalue weighted by molar-refractivity contribution is -0.384. The van der Waals surface area contributed by atoms with Crippen LogP contribution in [-0.4, -0.2) is 42.8 Å². The fraction of sp³-hybridized carbons (Fsp3) is 0.615. The quantitative estimate of drug-likeness (QED) is 0.634. The van der Waals surface area contributed by atoms with Crippen LogP contribution in [0.2, 0.25) is 0 Å².